The average Bonchev–Trinajstić information content (AvgIpc) is 2.85. The molecular formula is C27H36N4O4S. The normalized spacial score (nSPS) is 19.9. The van der Waals surface area contributed by atoms with E-state index in [1.165, 1.54) is 0 Å². The second-order valence-electron chi connectivity index (χ2n) is 10.2. The molecule has 1 saturated heterocycles. The number of benzene rings is 2. The lowest BCUT2D eigenvalue weighted by atomic mass is 9.90. The molecule has 3 amide bonds. The minimum absolute atomic E-state index is 0.0130. The van der Waals surface area contributed by atoms with E-state index >= 15 is 0 Å². The van der Waals surface area contributed by atoms with Gasteiger partial charge in [-0.05, 0) is 79.8 Å². The third-order valence-corrected chi connectivity index (χ3v) is 8.86. The summed E-state index contributed by atoms with van der Waals surface area (Å²) in [7, 11) is -0.328. The highest BCUT2D eigenvalue weighted by molar-refractivity contribution is 7.89. The summed E-state index contributed by atoms with van der Waals surface area (Å²) in [6, 6.07) is 10.4. The van der Waals surface area contributed by atoms with Crippen LogP contribution in [0, 0.1) is 12.8 Å². The predicted octanol–water partition coefficient (Wildman–Crippen LogP) is 3.80. The van der Waals surface area contributed by atoms with E-state index in [4.69, 9.17) is 0 Å². The van der Waals surface area contributed by atoms with Gasteiger partial charge in [-0.3, -0.25) is 4.79 Å². The number of rotatable bonds is 5. The molecule has 2 aromatic rings. The van der Waals surface area contributed by atoms with Gasteiger partial charge in [0.1, 0.15) is 0 Å². The molecule has 1 fully saturated rings. The maximum atomic E-state index is 13.6. The minimum Gasteiger partial charge on any atom is -0.331 e. The lowest BCUT2D eigenvalue weighted by molar-refractivity contribution is 0.102. The molecule has 0 spiro atoms. The van der Waals surface area contributed by atoms with E-state index in [0.29, 0.717) is 42.1 Å². The van der Waals surface area contributed by atoms with Gasteiger partial charge in [-0.25, -0.2) is 17.9 Å². The first-order valence-corrected chi connectivity index (χ1v) is 14.1. The molecule has 0 saturated carbocycles. The number of fused-ring (bicyclic) bond motifs is 1. The first kappa shape index (κ1) is 26.2. The molecule has 2 atom stereocenters. The van der Waals surface area contributed by atoms with Crippen LogP contribution in [-0.2, 0) is 22.9 Å². The fourth-order valence-electron chi connectivity index (χ4n) is 5.26. The highest BCUT2D eigenvalue weighted by Gasteiger charge is 2.34. The molecule has 4 rings (SSSR count). The van der Waals surface area contributed by atoms with Crippen LogP contribution in [0.15, 0.2) is 41.3 Å². The first-order valence-electron chi connectivity index (χ1n) is 12.6. The number of aryl methyl sites for hydroxylation is 1. The van der Waals surface area contributed by atoms with E-state index in [0.717, 1.165) is 36.0 Å². The molecule has 36 heavy (non-hydrogen) atoms. The SMILES string of the molecule is Cc1ccccc1C(=O)Nc1ccc(S(=O)(=O)NC2CCN(C(=O)N(C)C)CC2C)c2c1CCCC2. The van der Waals surface area contributed by atoms with Gasteiger partial charge in [0.05, 0.1) is 4.90 Å². The zero-order chi connectivity index (χ0) is 26.0. The Bertz CT molecular complexity index is 1260. The number of carbonyl (C=O) groups excluding carboxylic acids is 2. The molecule has 8 nitrogen and oxygen atoms in total. The smallest absolute Gasteiger partial charge is 0.319 e. The van der Waals surface area contributed by atoms with Gasteiger partial charge in [-0.2, -0.15) is 0 Å². The summed E-state index contributed by atoms with van der Waals surface area (Å²) >= 11 is 0. The molecule has 0 bridgehead atoms. The molecule has 1 aliphatic carbocycles. The molecule has 1 heterocycles. The van der Waals surface area contributed by atoms with Gasteiger partial charge in [0.15, 0.2) is 0 Å². The summed E-state index contributed by atoms with van der Waals surface area (Å²) in [5.74, 6) is -0.205. The number of amides is 3. The van der Waals surface area contributed by atoms with Crippen LogP contribution in [0.4, 0.5) is 10.5 Å². The van der Waals surface area contributed by atoms with Crippen LogP contribution in [0.1, 0.15) is 53.2 Å². The lowest BCUT2D eigenvalue weighted by Gasteiger charge is -2.38. The van der Waals surface area contributed by atoms with Crippen molar-refractivity contribution >= 4 is 27.6 Å². The van der Waals surface area contributed by atoms with Crippen LogP contribution in [0.2, 0.25) is 0 Å². The van der Waals surface area contributed by atoms with Gasteiger partial charge in [0.25, 0.3) is 5.91 Å². The molecule has 2 unspecified atom stereocenters. The fraction of sp³-hybridized carbons (Fsp3) is 0.481. The number of hydrogen-bond donors (Lipinski definition) is 2. The number of carbonyl (C=O) groups is 2. The standard InChI is InChI=1S/C27H36N4O4S/c1-18-9-5-6-10-20(18)26(32)28-24-13-14-25(22-12-8-7-11-21(22)24)36(34,35)29-23-15-16-31(17-19(23)2)27(33)30(3)4/h5-6,9-10,13-14,19,23,29H,7-8,11-12,15-17H2,1-4H3,(H,28,32). The third kappa shape index (κ3) is 5.42. The maximum Gasteiger partial charge on any atom is 0.319 e. The molecule has 194 valence electrons. The van der Waals surface area contributed by atoms with Gasteiger partial charge in [0, 0.05) is 44.5 Å². The van der Waals surface area contributed by atoms with Crippen molar-refractivity contribution in [1.82, 2.24) is 14.5 Å². The number of nitrogens with one attached hydrogen (secondary N) is 2. The fourth-order valence-corrected chi connectivity index (χ4v) is 6.93. The summed E-state index contributed by atoms with van der Waals surface area (Å²) in [6.07, 6.45) is 3.81. The van der Waals surface area contributed by atoms with Crippen molar-refractivity contribution in [2.75, 3.05) is 32.5 Å². The van der Waals surface area contributed by atoms with E-state index < -0.39 is 10.0 Å². The van der Waals surface area contributed by atoms with Crippen LogP contribution in [0.3, 0.4) is 0 Å². The van der Waals surface area contributed by atoms with Crippen LogP contribution < -0.4 is 10.0 Å². The minimum atomic E-state index is -3.77. The highest BCUT2D eigenvalue weighted by Crippen LogP contribution is 2.34. The number of nitrogens with zero attached hydrogens (tertiary/aromatic N) is 2. The molecular weight excluding hydrogens is 476 g/mol. The monoisotopic (exact) mass is 512 g/mol. The maximum absolute atomic E-state index is 13.6. The molecule has 2 aliphatic rings. The second kappa shape index (κ2) is 10.6. The Hall–Kier alpha value is -2.91. The van der Waals surface area contributed by atoms with Crippen molar-refractivity contribution in [2.45, 2.75) is 56.9 Å². The van der Waals surface area contributed by atoms with Crippen molar-refractivity contribution in [3.8, 4) is 0 Å². The van der Waals surface area contributed by atoms with Crippen molar-refractivity contribution in [3.63, 3.8) is 0 Å². The first-order chi connectivity index (χ1) is 17.1. The Kier molecular flexibility index (Phi) is 7.70. The number of hydrogen-bond acceptors (Lipinski definition) is 4. The highest BCUT2D eigenvalue weighted by atomic mass is 32.2. The van der Waals surface area contributed by atoms with Gasteiger partial charge in [0.2, 0.25) is 10.0 Å². The zero-order valence-corrected chi connectivity index (χ0v) is 22.3. The zero-order valence-electron chi connectivity index (χ0n) is 21.5. The van der Waals surface area contributed by atoms with E-state index in [1.54, 1.807) is 42.1 Å². The van der Waals surface area contributed by atoms with E-state index in [2.05, 4.69) is 10.0 Å². The van der Waals surface area contributed by atoms with Crippen LogP contribution in [0.25, 0.3) is 0 Å². The Morgan fingerprint density at radius 1 is 1.03 bits per heavy atom. The molecule has 2 aromatic carbocycles. The summed E-state index contributed by atoms with van der Waals surface area (Å²) in [6.45, 7) is 4.89. The Morgan fingerprint density at radius 3 is 2.39 bits per heavy atom. The Labute approximate surface area is 214 Å². The van der Waals surface area contributed by atoms with Crippen molar-refractivity contribution in [2.24, 2.45) is 5.92 Å². The lowest BCUT2D eigenvalue weighted by Crippen LogP contribution is -2.53. The summed E-state index contributed by atoms with van der Waals surface area (Å²) in [4.78, 5) is 28.9. The molecule has 0 radical (unpaired) electrons. The summed E-state index contributed by atoms with van der Waals surface area (Å²) in [5.41, 5.74) is 3.88. The number of sulfonamides is 1. The Balaban J connectivity index is 1.55. The molecule has 0 aromatic heterocycles. The van der Waals surface area contributed by atoms with Gasteiger partial charge in [-0.15, -0.1) is 0 Å². The quantitative estimate of drug-likeness (QED) is 0.637. The number of likely N-dealkylation sites (tertiary alicyclic amines) is 1. The largest absolute Gasteiger partial charge is 0.331 e. The van der Waals surface area contributed by atoms with E-state index in [-0.39, 0.29) is 23.9 Å². The third-order valence-electron chi connectivity index (χ3n) is 7.28. The molecule has 9 heteroatoms. The Morgan fingerprint density at radius 2 is 1.72 bits per heavy atom. The molecule has 1 aliphatic heterocycles. The van der Waals surface area contributed by atoms with Crippen molar-refractivity contribution in [3.05, 3.63) is 58.7 Å². The van der Waals surface area contributed by atoms with Crippen LogP contribution in [-0.4, -0.2) is 63.4 Å². The van der Waals surface area contributed by atoms with Crippen molar-refractivity contribution in [1.29, 1.82) is 0 Å². The van der Waals surface area contributed by atoms with Crippen LogP contribution in [0.5, 0.6) is 0 Å². The summed E-state index contributed by atoms with van der Waals surface area (Å²) in [5, 5.41) is 3.02. The van der Waals surface area contributed by atoms with Gasteiger partial charge < -0.3 is 15.1 Å². The number of piperidine rings is 1. The van der Waals surface area contributed by atoms with E-state index in [1.807, 2.05) is 32.0 Å². The topological polar surface area (TPSA) is 98.8 Å². The van der Waals surface area contributed by atoms with Crippen LogP contribution >= 0.6 is 0 Å². The predicted molar refractivity (Wildman–Crippen MR) is 141 cm³/mol. The second-order valence-corrected chi connectivity index (χ2v) is 11.8. The number of urea groups is 1. The van der Waals surface area contributed by atoms with E-state index in [9.17, 15) is 18.0 Å². The number of anilines is 1. The van der Waals surface area contributed by atoms with Crippen molar-refractivity contribution < 1.29 is 18.0 Å². The average molecular weight is 513 g/mol. The van der Waals surface area contributed by atoms with Gasteiger partial charge >= 0.3 is 6.03 Å². The van der Waals surface area contributed by atoms with Gasteiger partial charge in [-0.1, -0.05) is 25.1 Å². The molecule has 2 N–H and O–H groups in total. The summed E-state index contributed by atoms with van der Waals surface area (Å²) < 4.78 is 30.0.